The molecule has 0 aromatic carbocycles. The van der Waals surface area contributed by atoms with E-state index in [2.05, 4.69) is 0 Å². The van der Waals surface area contributed by atoms with Crippen molar-refractivity contribution in [3.63, 3.8) is 0 Å². The largest absolute Gasteiger partial charge is 0.481 e. The minimum absolute atomic E-state index is 0.130. The van der Waals surface area contributed by atoms with Crippen LogP contribution in [0.2, 0.25) is 0 Å². The fourth-order valence-corrected chi connectivity index (χ4v) is 2.48. The van der Waals surface area contributed by atoms with Crippen LogP contribution in [0.1, 0.15) is 31.4 Å². The Morgan fingerprint density at radius 1 is 1.37 bits per heavy atom. The summed E-state index contributed by atoms with van der Waals surface area (Å²) in [7, 11) is 0. The summed E-state index contributed by atoms with van der Waals surface area (Å²) < 4.78 is 5.20. The number of carbonyl (C=O) groups is 2. The van der Waals surface area contributed by atoms with E-state index in [0.717, 1.165) is 18.6 Å². The van der Waals surface area contributed by atoms with Crippen LogP contribution in [0.3, 0.4) is 0 Å². The molecule has 1 amide bonds. The predicted octanol–water partition coefficient (Wildman–Crippen LogP) is 1.93. The van der Waals surface area contributed by atoms with Crippen molar-refractivity contribution >= 4 is 11.9 Å². The van der Waals surface area contributed by atoms with E-state index in [1.807, 2.05) is 17.0 Å². The van der Waals surface area contributed by atoms with Gasteiger partial charge in [-0.1, -0.05) is 0 Å². The molecule has 19 heavy (non-hydrogen) atoms. The molecule has 2 heterocycles. The molecule has 1 aromatic heterocycles. The first-order valence-electron chi connectivity index (χ1n) is 6.67. The first-order valence-corrected chi connectivity index (χ1v) is 6.67. The summed E-state index contributed by atoms with van der Waals surface area (Å²) in [6.45, 7) is 1.35. The predicted molar refractivity (Wildman–Crippen MR) is 68.6 cm³/mol. The molecule has 1 saturated heterocycles. The summed E-state index contributed by atoms with van der Waals surface area (Å²) in [6, 6.07) is 3.68. The van der Waals surface area contributed by atoms with Gasteiger partial charge in [-0.25, -0.2) is 0 Å². The number of hydrogen-bond donors (Lipinski definition) is 1. The van der Waals surface area contributed by atoms with Gasteiger partial charge in [-0.15, -0.1) is 0 Å². The normalized spacial score (nSPS) is 16.5. The number of amides is 1. The lowest BCUT2D eigenvalue weighted by Crippen LogP contribution is -2.39. The first kappa shape index (κ1) is 13.6. The van der Waals surface area contributed by atoms with Gasteiger partial charge in [-0.05, 0) is 30.9 Å². The lowest BCUT2D eigenvalue weighted by molar-refractivity contribution is -0.138. The van der Waals surface area contributed by atoms with Crippen molar-refractivity contribution in [2.24, 2.45) is 5.92 Å². The van der Waals surface area contributed by atoms with E-state index in [1.165, 1.54) is 0 Å². The van der Waals surface area contributed by atoms with Gasteiger partial charge in [0.05, 0.1) is 6.26 Å². The van der Waals surface area contributed by atoms with Gasteiger partial charge < -0.3 is 14.4 Å². The molecule has 0 atom stereocenters. The van der Waals surface area contributed by atoms with Crippen LogP contribution < -0.4 is 0 Å². The number of aryl methyl sites for hydroxylation is 1. The molecule has 1 aliphatic heterocycles. The monoisotopic (exact) mass is 265 g/mol. The van der Waals surface area contributed by atoms with E-state index in [-0.39, 0.29) is 18.2 Å². The number of likely N-dealkylation sites (tertiary alicyclic amines) is 1. The van der Waals surface area contributed by atoms with E-state index in [4.69, 9.17) is 9.52 Å². The van der Waals surface area contributed by atoms with Gasteiger partial charge in [0, 0.05) is 32.4 Å². The number of piperidine rings is 1. The number of carboxylic acids is 1. The van der Waals surface area contributed by atoms with E-state index in [1.54, 1.807) is 6.26 Å². The van der Waals surface area contributed by atoms with Gasteiger partial charge in [-0.2, -0.15) is 0 Å². The molecule has 1 aliphatic rings. The molecule has 104 valence electrons. The highest BCUT2D eigenvalue weighted by Crippen LogP contribution is 2.21. The highest BCUT2D eigenvalue weighted by atomic mass is 16.4. The smallest absolute Gasteiger partial charge is 0.303 e. The second-order valence-electron chi connectivity index (χ2n) is 5.00. The SMILES string of the molecule is O=C(O)CC1CCN(C(=O)CCc2ccco2)CC1. The highest BCUT2D eigenvalue weighted by Gasteiger charge is 2.24. The minimum Gasteiger partial charge on any atom is -0.481 e. The van der Waals surface area contributed by atoms with Crippen molar-refractivity contribution in [1.29, 1.82) is 0 Å². The second-order valence-corrected chi connectivity index (χ2v) is 5.00. The van der Waals surface area contributed by atoms with Gasteiger partial charge in [0.25, 0.3) is 0 Å². The fourth-order valence-electron chi connectivity index (χ4n) is 2.48. The highest BCUT2D eigenvalue weighted by molar-refractivity contribution is 5.76. The van der Waals surface area contributed by atoms with Crippen molar-refractivity contribution < 1.29 is 19.1 Å². The maximum absolute atomic E-state index is 12.0. The van der Waals surface area contributed by atoms with E-state index >= 15 is 0 Å². The summed E-state index contributed by atoms with van der Waals surface area (Å²) >= 11 is 0. The molecular weight excluding hydrogens is 246 g/mol. The molecule has 0 bridgehead atoms. The number of nitrogens with zero attached hydrogens (tertiary/aromatic N) is 1. The van der Waals surface area contributed by atoms with Crippen molar-refractivity contribution in [2.75, 3.05) is 13.1 Å². The molecule has 1 fully saturated rings. The zero-order valence-corrected chi connectivity index (χ0v) is 10.9. The van der Waals surface area contributed by atoms with Crippen LogP contribution in [0, 0.1) is 5.92 Å². The van der Waals surface area contributed by atoms with Crippen molar-refractivity contribution in [1.82, 2.24) is 4.90 Å². The number of rotatable bonds is 5. The molecule has 1 aromatic rings. The molecule has 0 aliphatic carbocycles. The summed E-state index contributed by atoms with van der Waals surface area (Å²) in [4.78, 5) is 24.5. The van der Waals surface area contributed by atoms with Gasteiger partial charge in [0.1, 0.15) is 5.76 Å². The van der Waals surface area contributed by atoms with Gasteiger partial charge >= 0.3 is 5.97 Å². The lowest BCUT2D eigenvalue weighted by atomic mass is 9.93. The average molecular weight is 265 g/mol. The number of aliphatic carboxylic acids is 1. The summed E-state index contributed by atoms with van der Waals surface area (Å²) in [5, 5.41) is 8.74. The maximum Gasteiger partial charge on any atom is 0.303 e. The Balaban J connectivity index is 1.71. The lowest BCUT2D eigenvalue weighted by Gasteiger charge is -2.31. The van der Waals surface area contributed by atoms with Crippen molar-refractivity contribution in [3.05, 3.63) is 24.2 Å². The van der Waals surface area contributed by atoms with Gasteiger partial charge in [0.15, 0.2) is 0 Å². The Kier molecular flexibility index (Phi) is 4.60. The second kappa shape index (κ2) is 6.41. The standard InChI is InChI=1S/C14H19NO4/c16-13(4-3-12-2-1-9-19-12)15-7-5-11(6-8-15)10-14(17)18/h1-2,9,11H,3-8,10H2,(H,17,18). The number of carboxylic acid groups (broad SMARTS) is 1. The zero-order valence-electron chi connectivity index (χ0n) is 10.9. The molecule has 5 heteroatoms. The van der Waals surface area contributed by atoms with E-state index in [9.17, 15) is 9.59 Å². The third-order valence-corrected chi connectivity index (χ3v) is 3.60. The minimum atomic E-state index is -0.748. The van der Waals surface area contributed by atoms with Crippen LogP contribution in [0.25, 0.3) is 0 Å². The molecule has 0 radical (unpaired) electrons. The Bertz CT molecular complexity index is 419. The van der Waals surface area contributed by atoms with Crippen LogP contribution >= 0.6 is 0 Å². The Morgan fingerprint density at radius 2 is 2.11 bits per heavy atom. The van der Waals surface area contributed by atoms with Gasteiger partial charge in [-0.3, -0.25) is 9.59 Å². The third kappa shape index (κ3) is 4.12. The Labute approximate surface area is 112 Å². The molecule has 0 spiro atoms. The van der Waals surface area contributed by atoms with E-state index in [0.29, 0.717) is 25.9 Å². The molecule has 2 rings (SSSR count). The molecule has 5 nitrogen and oxygen atoms in total. The van der Waals surface area contributed by atoms with Gasteiger partial charge in [0.2, 0.25) is 5.91 Å². The average Bonchev–Trinajstić information content (AvgIpc) is 2.89. The zero-order chi connectivity index (χ0) is 13.7. The number of carbonyl (C=O) groups excluding carboxylic acids is 1. The Hall–Kier alpha value is -1.78. The fraction of sp³-hybridized carbons (Fsp3) is 0.571. The molecule has 0 unspecified atom stereocenters. The van der Waals surface area contributed by atoms with Crippen LogP contribution in [0.5, 0.6) is 0 Å². The summed E-state index contributed by atoms with van der Waals surface area (Å²) in [5.41, 5.74) is 0. The van der Waals surface area contributed by atoms with Crippen LogP contribution in [-0.4, -0.2) is 35.0 Å². The molecule has 1 N–H and O–H groups in total. The molecule has 0 saturated carbocycles. The number of hydrogen-bond acceptors (Lipinski definition) is 3. The summed E-state index contributed by atoms with van der Waals surface area (Å²) in [5.74, 6) is 0.425. The maximum atomic E-state index is 12.0. The van der Waals surface area contributed by atoms with Crippen molar-refractivity contribution in [2.45, 2.75) is 32.1 Å². The number of furan rings is 1. The quantitative estimate of drug-likeness (QED) is 0.883. The van der Waals surface area contributed by atoms with Crippen LogP contribution in [0.15, 0.2) is 22.8 Å². The summed E-state index contributed by atoms with van der Waals surface area (Å²) in [6.07, 6.45) is 4.49. The van der Waals surface area contributed by atoms with Crippen LogP contribution in [0.4, 0.5) is 0 Å². The first-order chi connectivity index (χ1) is 9.15. The van der Waals surface area contributed by atoms with Crippen molar-refractivity contribution in [3.8, 4) is 0 Å². The van der Waals surface area contributed by atoms with Crippen LogP contribution in [-0.2, 0) is 16.0 Å². The molecular formula is C14H19NO4. The topological polar surface area (TPSA) is 70.8 Å². The van der Waals surface area contributed by atoms with E-state index < -0.39 is 5.97 Å². The Morgan fingerprint density at radius 3 is 2.68 bits per heavy atom. The third-order valence-electron chi connectivity index (χ3n) is 3.60.